The number of pyridine rings is 2. The minimum Gasteiger partial charge on any atom is -0.346 e. The van der Waals surface area contributed by atoms with E-state index in [-0.39, 0.29) is 5.82 Å². The van der Waals surface area contributed by atoms with Gasteiger partial charge in [0.25, 0.3) is 0 Å². The van der Waals surface area contributed by atoms with Crippen molar-refractivity contribution in [2.45, 2.75) is 6.92 Å². The molecule has 0 aromatic carbocycles. The molecule has 22 heavy (non-hydrogen) atoms. The molecule has 4 rings (SSSR count). The summed E-state index contributed by atoms with van der Waals surface area (Å²) >= 11 is 1.64. The number of rotatable bonds is 2. The maximum absolute atomic E-state index is 14.4. The van der Waals surface area contributed by atoms with Crippen molar-refractivity contribution in [3.63, 3.8) is 0 Å². The van der Waals surface area contributed by atoms with Gasteiger partial charge in [0.2, 0.25) is 0 Å². The van der Waals surface area contributed by atoms with Crippen LogP contribution in [0.3, 0.4) is 0 Å². The third-order valence-corrected chi connectivity index (χ3v) is 4.42. The molecule has 5 heteroatoms. The Hall–Kier alpha value is -2.53. The average Bonchev–Trinajstić information content (AvgIpc) is 3.18. The third-order valence-electron chi connectivity index (χ3n) is 3.74. The van der Waals surface area contributed by atoms with Gasteiger partial charge in [0.15, 0.2) is 5.82 Å². The summed E-state index contributed by atoms with van der Waals surface area (Å²) in [6.07, 6.45) is 5.26. The second-order valence-electron chi connectivity index (χ2n) is 5.09. The first-order valence-corrected chi connectivity index (χ1v) is 7.79. The van der Waals surface area contributed by atoms with Crippen molar-refractivity contribution in [3.8, 4) is 22.3 Å². The van der Waals surface area contributed by atoms with E-state index in [2.05, 4.69) is 26.4 Å². The first-order chi connectivity index (χ1) is 10.7. The fraction of sp³-hybridized carbons (Fsp3) is 0.0588. The minimum atomic E-state index is -0.288. The Morgan fingerprint density at radius 3 is 2.86 bits per heavy atom. The van der Waals surface area contributed by atoms with Gasteiger partial charge in [-0.2, -0.15) is 11.3 Å². The quantitative estimate of drug-likeness (QED) is 0.578. The summed E-state index contributed by atoms with van der Waals surface area (Å²) < 4.78 is 14.4. The van der Waals surface area contributed by atoms with Crippen molar-refractivity contribution in [2.75, 3.05) is 0 Å². The van der Waals surface area contributed by atoms with Crippen molar-refractivity contribution in [1.29, 1.82) is 0 Å². The van der Waals surface area contributed by atoms with Gasteiger partial charge in [0.05, 0.1) is 5.69 Å². The van der Waals surface area contributed by atoms with Crippen LogP contribution >= 0.6 is 11.3 Å². The Kier molecular flexibility index (Phi) is 3.01. The molecule has 4 aromatic rings. The lowest BCUT2D eigenvalue weighted by Gasteiger charge is -2.04. The second-order valence-corrected chi connectivity index (χ2v) is 5.87. The van der Waals surface area contributed by atoms with E-state index < -0.39 is 0 Å². The molecule has 0 saturated carbocycles. The van der Waals surface area contributed by atoms with Gasteiger partial charge < -0.3 is 4.98 Å². The van der Waals surface area contributed by atoms with Crippen molar-refractivity contribution in [1.82, 2.24) is 15.0 Å². The summed E-state index contributed by atoms with van der Waals surface area (Å²) in [5, 5.41) is 5.02. The van der Waals surface area contributed by atoms with Crippen molar-refractivity contribution in [2.24, 2.45) is 0 Å². The topological polar surface area (TPSA) is 41.6 Å². The zero-order valence-electron chi connectivity index (χ0n) is 11.8. The van der Waals surface area contributed by atoms with Crippen LogP contribution in [0.4, 0.5) is 4.39 Å². The number of aryl methyl sites for hydroxylation is 1. The Bertz CT molecular complexity index is 957. The van der Waals surface area contributed by atoms with Gasteiger partial charge in [-0.1, -0.05) is 0 Å². The van der Waals surface area contributed by atoms with Gasteiger partial charge >= 0.3 is 0 Å². The highest BCUT2D eigenvalue weighted by Gasteiger charge is 2.14. The summed E-state index contributed by atoms with van der Waals surface area (Å²) in [4.78, 5) is 11.5. The predicted octanol–water partition coefficient (Wildman–Crippen LogP) is 4.80. The minimum absolute atomic E-state index is 0.288. The van der Waals surface area contributed by atoms with E-state index in [1.54, 1.807) is 36.7 Å². The number of H-pyrrole nitrogens is 1. The van der Waals surface area contributed by atoms with Gasteiger partial charge in [0.1, 0.15) is 5.65 Å². The molecule has 0 fully saturated rings. The molecule has 0 aliphatic heterocycles. The van der Waals surface area contributed by atoms with Gasteiger partial charge in [-0.25, -0.2) is 9.37 Å². The van der Waals surface area contributed by atoms with Crippen molar-refractivity contribution >= 4 is 22.4 Å². The Balaban J connectivity index is 1.95. The zero-order chi connectivity index (χ0) is 15.1. The summed E-state index contributed by atoms with van der Waals surface area (Å²) in [6, 6.07) is 5.80. The fourth-order valence-corrected chi connectivity index (χ4v) is 3.23. The summed E-state index contributed by atoms with van der Waals surface area (Å²) in [7, 11) is 0. The van der Waals surface area contributed by atoms with Gasteiger partial charge in [-0.3, -0.25) is 4.98 Å². The standard InChI is InChI=1S/C17H12FN3S/c1-10-16(18)13(2-4-19-10)15-8-21-17-14(15)6-12(7-20-17)11-3-5-22-9-11/h2-9H,1H3,(H,20,21). The number of hydrogen-bond acceptors (Lipinski definition) is 3. The molecule has 3 nitrogen and oxygen atoms in total. The molecule has 0 amide bonds. The van der Waals surface area contributed by atoms with Crippen LogP contribution in [-0.2, 0) is 0 Å². The van der Waals surface area contributed by atoms with Gasteiger partial charge in [-0.05, 0) is 41.4 Å². The number of fused-ring (bicyclic) bond motifs is 1. The van der Waals surface area contributed by atoms with Crippen LogP contribution < -0.4 is 0 Å². The Morgan fingerprint density at radius 2 is 2.05 bits per heavy atom. The van der Waals surface area contributed by atoms with E-state index in [1.165, 1.54) is 0 Å². The Morgan fingerprint density at radius 1 is 1.14 bits per heavy atom. The SMILES string of the molecule is Cc1nccc(-c2c[nH]c3ncc(-c4ccsc4)cc23)c1F. The summed E-state index contributed by atoms with van der Waals surface area (Å²) in [6.45, 7) is 1.67. The van der Waals surface area contributed by atoms with Crippen molar-refractivity contribution < 1.29 is 4.39 Å². The summed E-state index contributed by atoms with van der Waals surface area (Å²) in [5.41, 5.74) is 4.65. The van der Waals surface area contributed by atoms with Crippen LogP contribution in [0.25, 0.3) is 33.3 Å². The maximum atomic E-state index is 14.4. The molecule has 4 aromatic heterocycles. The molecule has 0 radical (unpaired) electrons. The zero-order valence-corrected chi connectivity index (χ0v) is 12.6. The lowest BCUT2D eigenvalue weighted by atomic mass is 10.0. The van der Waals surface area contributed by atoms with E-state index >= 15 is 0 Å². The van der Waals surface area contributed by atoms with Crippen LogP contribution in [0.2, 0.25) is 0 Å². The lowest BCUT2D eigenvalue weighted by molar-refractivity contribution is 0.613. The molecule has 1 N–H and O–H groups in total. The lowest BCUT2D eigenvalue weighted by Crippen LogP contribution is -1.91. The van der Waals surface area contributed by atoms with E-state index in [9.17, 15) is 4.39 Å². The maximum Gasteiger partial charge on any atom is 0.152 e. The number of hydrogen-bond donors (Lipinski definition) is 1. The van der Waals surface area contributed by atoms with E-state index in [0.29, 0.717) is 11.3 Å². The largest absolute Gasteiger partial charge is 0.346 e. The van der Waals surface area contributed by atoms with E-state index in [0.717, 1.165) is 27.7 Å². The molecule has 0 spiro atoms. The molecule has 0 atom stereocenters. The first-order valence-electron chi connectivity index (χ1n) is 6.85. The normalized spacial score (nSPS) is 11.2. The van der Waals surface area contributed by atoms with E-state index in [1.807, 2.05) is 17.6 Å². The number of nitrogens with one attached hydrogen (secondary N) is 1. The van der Waals surface area contributed by atoms with Gasteiger partial charge in [0, 0.05) is 40.7 Å². The molecule has 0 bridgehead atoms. The molecule has 108 valence electrons. The molecule has 0 aliphatic rings. The highest BCUT2D eigenvalue weighted by molar-refractivity contribution is 7.08. The first kappa shape index (κ1) is 13.2. The number of nitrogens with zero attached hydrogens (tertiary/aromatic N) is 2. The number of aromatic nitrogens is 3. The molecule has 0 unspecified atom stereocenters. The van der Waals surface area contributed by atoms with Crippen LogP contribution in [0.1, 0.15) is 5.69 Å². The van der Waals surface area contributed by atoms with Crippen LogP contribution in [0, 0.1) is 12.7 Å². The fourth-order valence-electron chi connectivity index (χ4n) is 2.57. The van der Waals surface area contributed by atoms with Crippen LogP contribution in [0.15, 0.2) is 47.5 Å². The van der Waals surface area contributed by atoms with Crippen LogP contribution in [0.5, 0.6) is 0 Å². The average molecular weight is 309 g/mol. The smallest absolute Gasteiger partial charge is 0.152 e. The second kappa shape index (κ2) is 5.03. The third kappa shape index (κ3) is 2.02. The molecule has 0 aliphatic carbocycles. The van der Waals surface area contributed by atoms with Gasteiger partial charge in [-0.15, -0.1) is 0 Å². The van der Waals surface area contributed by atoms with E-state index in [4.69, 9.17) is 0 Å². The molecular formula is C17H12FN3S. The molecule has 4 heterocycles. The predicted molar refractivity (Wildman–Crippen MR) is 87.3 cm³/mol. The molecular weight excluding hydrogens is 297 g/mol. The van der Waals surface area contributed by atoms with Crippen LogP contribution in [-0.4, -0.2) is 15.0 Å². The number of halogens is 1. The Labute approximate surface area is 130 Å². The van der Waals surface area contributed by atoms with Crippen molar-refractivity contribution in [3.05, 3.63) is 59.1 Å². The monoisotopic (exact) mass is 309 g/mol. The molecule has 0 saturated heterocycles. The number of thiophene rings is 1. The number of aromatic amines is 1. The highest BCUT2D eigenvalue weighted by Crippen LogP contribution is 2.33. The highest BCUT2D eigenvalue weighted by atomic mass is 32.1. The summed E-state index contributed by atoms with van der Waals surface area (Å²) in [5.74, 6) is -0.288.